The zero-order chi connectivity index (χ0) is 28.9. The van der Waals surface area contributed by atoms with Gasteiger partial charge in [0, 0.05) is 38.1 Å². The highest BCUT2D eigenvalue weighted by Crippen LogP contribution is 2.57. The first-order chi connectivity index (χ1) is 20.3. The van der Waals surface area contributed by atoms with Crippen LogP contribution in [0.25, 0.3) is 16.8 Å². The number of hydrogen-bond donors (Lipinski definition) is 0. The number of fused-ring (bicyclic) bond motifs is 8. The SMILES string of the molecule is Cc1ccccc1C1=CN2C(=O)C3C(=C2c2ccc(Br)cc21)C(=O)N1C=C(c2ccccc2C)c2cc(Br)ccc2C31. The lowest BCUT2D eigenvalue weighted by Gasteiger charge is -2.34. The van der Waals surface area contributed by atoms with Crippen LogP contribution in [0.1, 0.15) is 50.5 Å². The quantitative estimate of drug-likeness (QED) is 0.214. The normalized spacial score (nSPS) is 20.1. The molecule has 4 nitrogen and oxygen atoms in total. The van der Waals surface area contributed by atoms with Gasteiger partial charge in [0.2, 0.25) is 5.91 Å². The second-order valence-corrected chi connectivity index (χ2v) is 13.1. The average Bonchev–Trinajstić information content (AvgIpc) is 3.44. The van der Waals surface area contributed by atoms with E-state index in [1.807, 2.05) is 54.9 Å². The minimum atomic E-state index is -0.605. The van der Waals surface area contributed by atoms with E-state index in [0.29, 0.717) is 11.3 Å². The van der Waals surface area contributed by atoms with Crippen LogP contribution in [0.5, 0.6) is 0 Å². The topological polar surface area (TPSA) is 40.6 Å². The van der Waals surface area contributed by atoms with E-state index in [0.717, 1.165) is 64.6 Å². The van der Waals surface area contributed by atoms with Gasteiger partial charge in [-0.1, -0.05) is 92.5 Å². The molecule has 4 heterocycles. The maximum absolute atomic E-state index is 14.5. The Morgan fingerprint density at radius 3 is 1.90 bits per heavy atom. The number of nitrogens with zero attached hydrogens (tertiary/aromatic N) is 2. The molecule has 4 aromatic carbocycles. The van der Waals surface area contributed by atoms with Gasteiger partial charge in [-0.2, -0.15) is 0 Å². The fourth-order valence-electron chi connectivity index (χ4n) is 7.04. The lowest BCUT2D eigenvalue weighted by molar-refractivity contribution is -0.128. The van der Waals surface area contributed by atoms with E-state index in [1.54, 1.807) is 9.80 Å². The Bertz CT molecular complexity index is 2000. The molecule has 0 radical (unpaired) electrons. The van der Waals surface area contributed by atoms with Gasteiger partial charge in [-0.25, -0.2) is 0 Å². The number of rotatable bonds is 2. The molecule has 8 rings (SSSR count). The largest absolute Gasteiger partial charge is 0.306 e. The van der Waals surface area contributed by atoms with Crippen molar-refractivity contribution in [2.75, 3.05) is 0 Å². The molecule has 1 saturated heterocycles. The summed E-state index contributed by atoms with van der Waals surface area (Å²) in [6.07, 6.45) is 3.91. The van der Waals surface area contributed by atoms with Crippen molar-refractivity contribution < 1.29 is 9.59 Å². The summed E-state index contributed by atoms with van der Waals surface area (Å²) in [5, 5.41) is 0. The summed E-state index contributed by atoms with van der Waals surface area (Å²) in [7, 11) is 0. The first-order valence-electron chi connectivity index (χ1n) is 13.9. The molecule has 4 aliphatic heterocycles. The van der Waals surface area contributed by atoms with Gasteiger partial charge >= 0.3 is 0 Å². The molecular formula is C36H24Br2N2O2. The lowest BCUT2D eigenvalue weighted by Crippen LogP contribution is -2.35. The molecule has 2 atom stereocenters. The summed E-state index contributed by atoms with van der Waals surface area (Å²) in [5.41, 5.74) is 11.6. The van der Waals surface area contributed by atoms with Gasteiger partial charge in [0.1, 0.15) is 0 Å². The predicted octanol–water partition coefficient (Wildman–Crippen LogP) is 8.39. The monoisotopic (exact) mass is 674 g/mol. The number of benzene rings is 4. The highest BCUT2D eigenvalue weighted by atomic mass is 79.9. The van der Waals surface area contributed by atoms with Crippen molar-refractivity contribution in [3.8, 4) is 0 Å². The third-order valence-electron chi connectivity index (χ3n) is 8.94. The first kappa shape index (κ1) is 25.7. The van der Waals surface area contributed by atoms with Gasteiger partial charge in [-0.05, 0) is 77.1 Å². The Hall–Kier alpha value is -4.00. The number of hydrogen-bond acceptors (Lipinski definition) is 2. The van der Waals surface area contributed by atoms with Crippen LogP contribution >= 0.6 is 31.9 Å². The van der Waals surface area contributed by atoms with E-state index in [9.17, 15) is 9.59 Å². The Kier molecular flexibility index (Phi) is 5.66. The number of aryl methyl sites for hydroxylation is 2. The zero-order valence-electron chi connectivity index (χ0n) is 22.9. The van der Waals surface area contributed by atoms with Crippen LogP contribution in [0.2, 0.25) is 0 Å². The molecule has 0 aromatic heterocycles. The predicted molar refractivity (Wildman–Crippen MR) is 172 cm³/mol. The second-order valence-electron chi connectivity index (χ2n) is 11.2. The molecule has 0 N–H and O–H groups in total. The highest BCUT2D eigenvalue weighted by molar-refractivity contribution is 9.10. The van der Waals surface area contributed by atoms with Crippen LogP contribution in [0.15, 0.2) is 112 Å². The molecule has 0 saturated carbocycles. The van der Waals surface area contributed by atoms with Gasteiger partial charge in [0.15, 0.2) is 0 Å². The van der Waals surface area contributed by atoms with Crippen molar-refractivity contribution in [1.29, 1.82) is 0 Å². The van der Waals surface area contributed by atoms with E-state index in [1.165, 1.54) is 0 Å². The molecule has 42 heavy (non-hydrogen) atoms. The molecule has 1 fully saturated rings. The van der Waals surface area contributed by atoms with Gasteiger partial charge < -0.3 is 4.90 Å². The van der Waals surface area contributed by atoms with Crippen molar-refractivity contribution in [2.45, 2.75) is 19.9 Å². The van der Waals surface area contributed by atoms with Crippen molar-refractivity contribution in [1.82, 2.24) is 9.80 Å². The summed E-state index contributed by atoms with van der Waals surface area (Å²) < 4.78 is 1.90. The van der Waals surface area contributed by atoms with Crippen LogP contribution in [-0.4, -0.2) is 21.6 Å². The third-order valence-corrected chi connectivity index (χ3v) is 9.93. The summed E-state index contributed by atoms with van der Waals surface area (Å²) in [5.74, 6) is -0.787. The smallest absolute Gasteiger partial charge is 0.257 e. The summed E-state index contributed by atoms with van der Waals surface area (Å²) in [6, 6.07) is 28.3. The van der Waals surface area contributed by atoms with Gasteiger partial charge in [0.05, 0.1) is 23.2 Å². The summed E-state index contributed by atoms with van der Waals surface area (Å²) in [4.78, 5) is 32.5. The maximum Gasteiger partial charge on any atom is 0.257 e. The Morgan fingerprint density at radius 2 is 1.24 bits per heavy atom. The third kappa shape index (κ3) is 3.52. The molecule has 204 valence electrons. The van der Waals surface area contributed by atoms with E-state index in [2.05, 4.69) is 88.2 Å². The zero-order valence-corrected chi connectivity index (χ0v) is 26.0. The fraction of sp³-hybridized carbons (Fsp3) is 0.111. The molecular weight excluding hydrogens is 652 g/mol. The summed E-state index contributed by atoms with van der Waals surface area (Å²) >= 11 is 7.33. The molecule has 4 aromatic rings. The molecule has 2 amide bonds. The maximum atomic E-state index is 14.5. The second kappa shape index (κ2) is 9.25. The van der Waals surface area contributed by atoms with Crippen LogP contribution in [0, 0.1) is 19.8 Å². The van der Waals surface area contributed by atoms with Crippen molar-refractivity contribution in [3.63, 3.8) is 0 Å². The number of carbonyl (C=O) groups excluding carboxylic acids is 2. The Labute approximate surface area is 260 Å². The van der Waals surface area contributed by atoms with Gasteiger partial charge in [-0.3, -0.25) is 14.5 Å². The Morgan fingerprint density at radius 1 is 0.643 bits per heavy atom. The summed E-state index contributed by atoms with van der Waals surface area (Å²) in [6.45, 7) is 4.17. The fourth-order valence-corrected chi connectivity index (χ4v) is 7.76. The van der Waals surface area contributed by atoms with Crippen molar-refractivity contribution in [2.24, 2.45) is 5.92 Å². The van der Waals surface area contributed by atoms with Crippen molar-refractivity contribution >= 4 is 60.5 Å². The number of amides is 2. The van der Waals surface area contributed by atoms with Crippen LogP contribution < -0.4 is 0 Å². The first-order valence-corrected chi connectivity index (χ1v) is 15.5. The molecule has 0 aliphatic carbocycles. The van der Waals surface area contributed by atoms with E-state index in [4.69, 9.17) is 0 Å². The molecule has 2 unspecified atom stereocenters. The van der Waals surface area contributed by atoms with E-state index >= 15 is 0 Å². The molecule has 0 spiro atoms. The number of carbonyl (C=O) groups is 2. The van der Waals surface area contributed by atoms with Crippen LogP contribution in [-0.2, 0) is 9.59 Å². The average molecular weight is 676 g/mol. The minimum Gasteiger partial charge on any atom is -0.306 e. The molecule has 6 heteroatoms. The van der Waals surface area contributed by atoms with E-state index in [-0.39, 0.29) is 11.8 Å². The molecule has 0 bridgehead atoms. The van der Waals surface area contributed by atoms with Gasteiger partial charge in [0.25, 0.3) is 5.91 Å². The van der Waals surface area contributed by atoms with Crippen molar-refractivity contribution in [3.05, 3.63) is 156 Å². The van der Waals surface area contributed by atoms with E-state index < -0.39 is 12.0 Å². The Balaban J connectivity index is 1.37. The molecule has 4 aliphatic rings. The lowest BCUT2D eigenvalue weighted by atomic mass is 9.82. The van der Waals surface area contributed by atoms with Crippen LogP contribution in [0.4, 0.5) is 0 Å². The van der Waals surface area contributed by atoms with Crippen LogP contribution in [0.3, 0.4) is 0 Å². The van der Waals surface area contributed by atoms with Gasteiger partial charge in [-0.15, -0.1) is 0 Å². The minimum absolute atomic E-state index is 0.0675. The standard InChI is InChI=1S/C36H24Br2N2O2/c1-19-7-3-5-9-23(19)29-17-39-33(25-13-11-21(37)15-27(25)29)31-32(35(39)41)34-26-14-12-22(38)16-28(26)30(18-40(34)36(31)42)24-10-6-4-8-20(24)2/h3-18,31,33H,1-2H3. The number of halogens is 2. The highest BCUT2D eigenvalue weighted by Gasteiger charge is 2.58.